The van der Waals surface area contributed by atoms with Crippen molar-refractivity contribution in [1.29, 1.82) is 0 Å². The molecule has 3 heterocycles. The Labute approximate surface area is 195 Å². The molecule has 2 aliphatic heterocycles. The molecule has 172 valence electrons. The number of carbonyl (C=O) groups excluding carboxylic acids is 2. The molecule has 1 fully saturated rings. The van der Waals surface area contributed by atoms with Crippen LogP contribution >= 0.6 is 23.2 Å². The van der Waals surface area contributed by atoms with Gasteiger partial charge in [0.05, 0.1) is 21.4 Å². The number of rotatable bonds is 7. The van der Waals surface area contributed by atoms with Crippen molar-refractivity contribution in [2.75, 3.05) is 38.1 Å². The number of benzene rings is 1. The third-order valence-electron chi connectivity index (χ3n) is 5.99. The zero-order valence-electron chi connectivity index (χ0n) is 17.5. The summed E-state index contributed by atoms with van der Waals surface area (Å²) in [4.78, 5) is 25.9. The van der Waals surface area contributed by atoms with Crippen molar-refractivity contribution in [3.05, 3.63) is 33.9 Å². The maximum atomic E-state index is 12.1. The lowest BCUT2D eigenvalue weighted by atomic mass is 9.86. The Balaban J connectivity index is 1.62. The van der Waals surface area contributed by atoms with E-state index in [2.05, 4.69) is 15.7 Å². The average molecular weight is 481 g/mol. The number of hydrogen-bond acceptors (Lipinski definition) is 6. The molecule has 0 spiro atoms. The Bertz CT molecular complexity index is 1030. The zero-order chi connectivity index (χ0) is 22.8. The van der Waals surface area contributed by atoms with E-state index in [0.717, 1.165) is 29.7 Å². The van der Waals surface area contributed by atoms with Crippen LogP contribution in [0.2, 0.25) is 10.0 Å². The highest BCUT2D eigenvalue weighted by Gasteiger charge is 2.41. The molecule has 32 heavy (non-hydrogen) atoms. The van der Waals surface area contributed by atoms with E-state index >= 15 is 0 Å². The summed E-state index contributed by atoms with van der Waals surface area (Å²) in [6.07, 6.45) is 3.20. The summed E-state index contributed by atoms with van der Waals surface area (Å²) in [6, 6.07) is 3.73. The van der Waals surface area contributed by atoms with Gasteiger partial charge in [-0.1, -0.05) is 23.2 Å². The van der Waals surface area contributed by atoms with Crippen LogP contribution in [0.3, 0.4) is 0 Å². The fourth-order valence-corrected chi connectivity index (χ4v) is 4.85. The fourth-order valence-electron chi connectivity index (χ4n) is 4.43. The number of halogens is 2. The van der Waals surface area contributed by atoms with E-state index in [0.29, 0.717) is 41.9 Å². The molecule has 0 saturated carbocycles. The summed E-state index contributed by atoms with van der Waals surface area (Å²) in [5, 5.41) is 21.0. The Morgan fingerprint density at radius 1 is 1.38 bits per heavy atom. The minimum atomic E-state index is -0.510. The number of amides is 2. The van der Waals surface area contributed by atoms with Gasteiger partial charge in [0.1, 0.15) is 13.2 Å². The first-order chi connectivity index (χ1) is 15.4. The molecule has 1 aromatic heterocycles. The van der Waals surface area contributed by atoms with E-state index in [1.165, 1.54) is 0 Å². The summed E-state index contributed by atoms with van der Waals surface area (Å²) < 4.78 is 1.57. The molecular formula is C21H26Cl2N6O3. The second-order valence-corrected chi connectivity index (χ2v) is 8.83. The van der Waals surface area contributed by atoms with Crippen LogP contribution in [0.1, 0.15) is 24.3 Å². The maximum absolute atomic E-state index is 12.1. The third kappa shape index (κ3) is 4.43. The van der Waals surface area contributed by atoms with Crippen LogP contribution in [-0.2, 0) is 16.1 Å². The van der Waals surface area contributed by atoms with Gasteiger partial charge in [-0.2, -0.15) is 5.10 Å². The minimum absolute atomic E-state index is 0.0104. The van der Waals surface area contributed by atoms with E-state index < -0.39 is 6.61 Å². The monoisotopic (exact) mass is 480 g/mol. The molecule has 4 rings (SSSR count). The average Bonchev–Trinajstić information content (AvgIpc) is 3.40. The molecule has 11 heteroatoms. The minimum Gasteiger partial charge on any atom is -0.387 e. The standard InChI is InChI=1S/C21H26Cl2N6O3/c22-14-8-12(16-3-7-29(27-16)10-17(31)25-5-1-4-24)19-13-9-28(18(32)11-30)6-2-15(13)26-21(19)20(14)23/h3,7-8,13,15,26,30H,1-2,4-6,9-11,24H2,(H,25,31). The topological polar surface area (TPSA) is 126 Å². The first-order valence-corrected chi connectivity index (χ1v) is 11.4. The number of aromatic nitrogens is 2. The molecule has 1 saturated heterocycles. The Hall–Kier alpha value is -2.33. The first-order valence-electron chi connectivity index (χ1n) is 10.6. The van der Waals surface area contributed by atoms with Crippen LogP contribution in [-0.4, -0.2) is 70.4 Å². The highest BCUT2D eigenvalue weighted by atomic mass is 35.5. The second kappa shape index (κ2) is 9.66. The smallest absolute Gasteiger partial charge is 0.248 e. The number of hydrogen-bond donors (Lipinski definition) is 4. The van der Waals surface area contributed by atoms with Crippen molar-refractivity contribution < 1.29 is 14.7 Å². The van der Waals surface area contributed by atoms with Crippen molar-refractivity contribution in [3.8, 4) is 11.3 Å². The first kappa shape index (κ1) is 22.8. The number of nitrogens with zero attached hydrogens (tertiary/aromatic N) is 3. The van der Waals surface area contributed by atoms with Gasteiger partial charge in [0, 0.05) is 43.4 Å². The van der Waals surface area contributed by atoms with Gasteiger partial charge in [-0.3, -0.25) is 14.3 Å². The van der Waals surface area contributed by atoms with Gasteiger partial charge in [0.25, 0.3) is 0 Å². The van der Waals surface area contributed by atoms with Gasteiger partial charge in [0.2, 0.25) is 11.8 Å². The molecule has 5 N–H and O–H groups in total. The van der Waals surface area contributed by atoms with Crippen LogP contribution in [0.4, 0.5) is 5.69 Å². The largest absolute Gasteiger partial charge is 0.387 e. The Kier molecular flexibility index (Phi) is 6.90. The highest BCUT2D eigenvalue weighted by molar-refractivity contribution is 6.44. The van der Waals surface area contributed by atoms with Gasteiger partial charge in [-0.05, 0) is 37.1 Å². The van der Waals surface area contributed by atoms with Crippen LogP contribution in [0.5, 0.6) is 0 Å². The van der Waals surface area contributed by atoms with Crippen LogP contribution in [0.25, 0.3) is 11.3 Å². The number of nitrogens with one attached hydrogen (secondary N) is 2. The summed E-state index contributed by atoms with van der Waals surface area (Å²) >= 11 is 13.0. The van der Waals surface area contributed by atoms with Crippen LogP contribution in [0.15, 0.2) is 18.3 Å². The SMILES string of the molecule is NCCCNC(=O)Cn1ccc(-c2cc(Cl)c(Cl)c3c2C2CN(C(=O)CO)CCC2N3)n1. The molecule has 2 aliphatic rings. The van der Waals surface area contributed by atoms with Crippen LogP contribution in [0, 0.1) is 0 Å². The molecule has 2 aromatic rings. The number of aliphatic hydroxyl groups excluding tert-OH is 1. The summed E-state index contributed by atoms with van der Waals surface area (Å²) in [5.41, 5.74) is 8.65. The van der Waals surface area contributed by atoms with Crippen molar-refractivity contribution in [2.45, 2.75) is 31.3 Å². The molecule has 1 aromatic carbocycles. The molecule has 2 unspecified atom stereocenters. The second-order valence-electron chi connectivity index (χ2n) is 8.04. The molecule has 2 atom stereocenters. The molecule has 9 nitrogen and oxygen atoms in total. The van der Waals surface area contributed by atoms with Gasteiger partial charge >= 0.3 is 0 Å². The lowest BCUT2D eigenvalue weighted by Gasteiger charge is -2.35. The van der Waals surface area contributed by atoms with Gasteiger partial charge in [0.15, 0.2) is 0 Å². The van der Waals surface area contributed by atoms with Crippen molar-refractivity contribution >= 4 is 40.7 Å². The van der Waals surface area contributed by atoms with Crippen molar-refractivity contribution in [2.24, 2.45) is 5.73 Å². The zero-order valence-corrected chi connectivity index (χ0v) is 19.0. The quantitative estimate of drug-likeness (QED) is 0.444. The Morgan fingerprint density at radius 2 is 2.19 bits per heavy atom. The van der Waals surface area contributed by atoms with Gasteiger partial charge < -0.3 is 26.4 Å². The molecule has 2 amide bonds. The van der Waals surface area contributed by atoms with Crippen molar-refractivity contribution in [1.82, 2.24) is 20.0 Å². The maximum Gasteiger partial charge on any atom is 0.248 e. The number of nitrogens with two attached hydrogens (primary N) is 1. The van der Waals surface area contributed by atoms with Gasteiger partial charge in [-0.15, -0.1) is 0 Å². The van der Waals surface area contributed by atoms with E-state index in [4.69, 9.17) is 28.9 Å². The van der Waals surface area contributed by atoms with E-state index in [1.807, 2.05) is 6.07 Å². The number of likely N-dealkylation sites (tertiary alicyclic amines) is 1. The van der Waals surface area contributed by atoms with Crippen LogP contribution < -0.4 is 16.4 Å². The number of fused-ring (bicyclic) bond motifs is 3. The van der Waals surface area contributed by atoms with E-state index in [-0.39, 0.29) is 30.3 Å². The van der Waals surface area contributed by atoms with E-state index in [1.54, 1.807) is 21.8 Å². The normalized spacial score (nSPS) is 19.3. The summed E-state index contributed by atoms with van der Waals surface area (Å²) in [7, 11) is 0. The number of carbonyl (C=O) groups is 2. The Morgan fingerprint density at radius 3 is 2.94 bits per heavy atom. The number of piperidine rings is 1. The highest BCUT2D eigenvalue weighted by Crippen LogP contribution is 2.50. The van der Waals surface area contributed by atoms with Gasteiger partial charge in [-0.25, -0.2) is 0 Å². The van der Waals surface area contributed by atoms with Crippen molar-refractivity contribution in [3.63, 3.8) is 0 Å². The predicted octanol–water partition coefficient (Wildman–Crippen LogP) is 1.42. The molecule has 0 radical (unpaired) electrons. The molecular weight excluding hydrogens is 455 g/mol. The third-order valence-corrected chi connectivity index (χ3v) is 6.77. The predicted molar refractivity (Wildman–Crippen MR) is 123 cm³/mol. The number of anilines is 1. The fraction of sp³-hybridized carbons (Fsp3) is 0.476. The number of aliphatic hydroxyl groups is 1. The van der Waals surface area contributed by atoms with E-state index in [9.17, 15) is 14.7 Å². The summed E-state index contributed by atoms with van der Waals surface area (Å²) in [6.45, 7) is 1.67. The summed E-state index contributed by atoms with van der Waals surface area (Å²) in [5.74, 6) is -0.438. The lowest BCUT2D eigenvalue weighted by molar-refractivity contribution is -0.135. The molecule has 0 aliphatic carbocycles. The lowest BCUT2D eigenvalue weighted by Crippen LogP contribution is -2.46. The molecule has 0 bridgehead atoms.